The number of ketones is 1. The third kappa shape index (κ3) is 9.77. The highest BCUT2D eigenvalue weighted by molar-refractivity contribution is 5.96. The number of aromatic nitrogens is 2. The number of rotatable bonds is 6. The SMILES string of the molecule is C=CC1(C(=O)/C=C\N(C)C)CCN(C(=O)OC(C)(C)C)CC1.C=CC1(c2ccn[nH]2)CCN(C(=O)OC(C)(C)C)CC1. The van der Waals surface area contributed by atoms with Gasteiger partial charge in [0.05, 0.1) is 5.41 Å². The van der Waals surface area contributed by atoms with Crippen LogP contribution in [0, 0.1) is 5.41 Å². The van der Waals surface area contributed by atoms with Gasteiger partial charge >= 0.3 is 12.2 Å². The maximum Gasteiger partial charge on any atom is 0.410 e. The number of hydrogen-bond donors (Lipinski definition) is 1. The molecule has 42 heavy (non-hydrogen) atoms. The average Bonchev–Trinajstić information content (AvgIpc) is 3.46. The van der Waals surface area contributed by atoms with Crippen LogP contribution >= 0.6 is 0 Å². The second-order valence-electron chi connectivity index (χ2n) is 13.3. The van der Waals surface area contributed by atoms with E-state index in [4.69, 9.17) is 9.47 Å². The first-order chi connectivity index (χ1) is 19.5. The van der Waals surface area contributed by atoms with Crippen LogP contribution in [0.15, 0.2) is 49.8 Å². The Morgan fingerprint density at radius 2 is 1.36 bits per heavy atom. The number of carbonyl (C=O) groups excluding carboxylic acids is 3. The zero-order chi connectivity index (χ0) is 31.8. The molecule has 2 aliphatic rings. The molecule has 0 bridgehead atoms. The molecule has 1 N–H and O–H groups in total. The summed E-state index contributed by atoms with van der Waals surface area (Å²) in [5.74, 6) is 0.0417. The van der Waals surface area contributed by atoms with Gasteiger partial charge in [0, 0.05) is 63.8 Å². The molecule has 234 valence electrons. The summed E-state index contributed by atoms with van der Waals surface area (Å²) in [6.45, 7) is 21.3. The lowest BCUT2D eigenvalue weighted by molar-refractivity contribution is -0.123. The van der Waals surface area contributed by atoms with E-state index in [0.717, 1.165) is 18.5 Å². The van der Waals surface area contributed by atoms with E-state index in [1.165, 1.54) is 0 Å². The minimum absolute atomic E-state index is 0.0417. The number of ether oxygens (including phenoxy) is 2. The summed E-state index contributed by atoms with van der Waals surface area (Å²) in [6, 6.07) is 1.98. The monoisotopic (exact) mass is 585 g/mol. The van der Waals surface area contributed by atoms with Crippen molar-refractivity contribution in [2.45, 2.75) is 83.8 Å². The molecule has 0 unspecified atom stereocenters. The molecule has 10 nitrogen and oxygen atoms in total. The Kier molecular flexibility index (Phi) is 11.6. The van der Waals surface area contributed by atoms with E-state index in [1.807, 2.05) is 72.7 Å². The molecule has 0 aliphatic carbocycles. The van der Waals surface area contributed by atoms with Crippen molar-refractivity contribution in [1.29, 1.82) is 0 Å². The second kappa shape index (κ2) is 14.1. The summed E-state index contributed by atoms with van der Waals surface area (Å²) in [5.41, 5.74) is -0.585. The van der Waals surface area contributed by atoms with Crippen molar-refractivity contribution in [3.63, 3.8) is 0 Å². The minimum atomic E-state index is -0.578. The molecule has 2 aliphatic heterocycles. The van der Waals surface area contributed by atoms with Gasteiger partial charge in [-0.3, -0.25) is 9.89 Å². The molecular weight excluding hydrogens is 534 g/mol. The lowest BCUT2D eigenvalue weighted by Crippen LogP contribution is -2.46. The van der Waals surface area contributed by atoms with Gasteiger partial charge in [0.15, 0.2) is 5.78 Å². The zero-order valence-corrected chi connectivity index (χ0v) is 26.9. The number of likely N-dealkylation sites (tertiary alicyclic amines) is 2. The van der Waals surface area contributed by atoms with E-state index in [2.05, 4.69) is 23.4 Å². The summed E-state index contributed by atoms with van der Waals surface area (Å²) in [4.78, 5) is 41.8. The molecule has 10 heteroatoms. The van der Waals surface area contributed by atoms with Crippen LogP contribution in [0.5, 0.6) is 0 Å². The number of amides is 2. The predicted molar refractivity (Wildman–Crippen MR) is 165 cm³/mol. The van der Waals surface area contributed by atoms with E-state index < -0.39 is 16.6 Å². The molecule has 1 aromatic rings. The predicted octanol–water partition coefficient (Wildman–Crippen LogP) is 5.70. The Bertz CT molecular complexity index is 1100. The molecular formula is C32H51N5O5. The van der Waals surface area contributed by atoms with Gasteiger partial charge in [-0.1, -0.05) is 12.2 Å². The Morgan fingerprint density at radius 3 is 1.71 bits per heavy atom. The number of hydrogen-bond acceptors (Lipinski definition) is 7. The zero-order valence-electron chi connectivity index (χ0n) is 26.9. The Labute approximate surface area is 251 Å². The summed E-state index contributed by atoms with van der Waals surface area (Å²) in [5, 5.41) is 7.04. The number of nitrogens with zero attached hydrogens (tertiary/aromatic N) is 4. The van der Waals surface area contributed by atoms with E-state index in [0.29, 0.717) is 39.0 Å². The van der Waals surface area contributed by atoms with Crippen LogP contribution in [0.25, 0.3) is 0 Å². The third-order valence-corrected chi connectivity index (χ3v) is 7.45. The van der Waals surface area contributed by atoms with Gasteiger partial charge in [0.2, 0.25) is 0 Å². The van der Waals surface area contributed by atoms with Crippen LogP contribution in [0.2, 0.25) is 0 Å². The fourth-order valence-electron chi connectivity index (χ4n) is 4.88. The highest BCUT2D eigenvalue weighted by Gasteiger charge is 2.39. The van der Waals surface area contributed by atoms with Gasteiger partial charge in [-0.2, -0.15) is 5.10 Å². The van der Waals surface area contributed by atoms with Gasteiger partial charge in [-0.25, -0.2) is 9.59 Å². The van der Waals surface area contributed by atoms with Gasteiger partial charge < -0.3 is 24.2 Å². The largest absolute Gasteiger partial charge is 0.444 e. The molecule has 0 radical (unpaired) electrons. The van der Waals surface area contributed by atoms with Crippen molar-refractivity contribution in [2.24, 2.45) is 5.41 Å². The van der Waals surface area contributed by atoms with Crippen molar-refractivity contribution in [3.8, 4) is 0 Å². The third-order valence-electron chi connectivity index (χ3n) is 7.45. The lowest BCUT2D eigenvalue weighted by Gasteiger charge is -2.39. The van der Waals surface area contributed by atoms with Gasteiger partial charge in [-0.15, -0.1) is 13.2 Å². The van der Waals surface area contributed by atoms with Crippen LogP contribution in [0.4, 0.5) is 9.59 Å². The number of aromatic amines is 1. The van der Waals surface area contributed by atoms with Crippen LogP contribution in [-0.2, 0) is 19.7 Å². The summed E-state index contributed by atoms with van der Waals surface area (Å²) < 4.78 is 10.8. The first kappa shape index (κ1) is 34.6. The van der Waals surface area contributed by atoms with Crippen molar-refractivity contribution in [2.75, 3.05) is 40.3 Å². The number of H-pyrrole nitrogens is 1. The molecule has 0 saturated carbocycles. The number of piperidine rings is 2. The number of allylic oxidation sites excluding steroid dienone is 3. The maximum atomic E-state index is 12.4. The molecule has 0 spiro atoms. The lowest BCUT2D eigenvalue weighted by atomic mass is 9.75. The Hall–Kier alpha value is -3.56. The highest BCUT2D eigenvalue weighted by atomic mass is 16.6. The second-order valence-corrected chi connectivity index (χ2v) is 13.3. The highest BCUT2D eigenvalue weighted by Crippen LogP contribution is 2.36. The molecule has 3 heterocycles. The van der Waals surface area contributed by atoms with E-state index in [1.54, 1.807) is 34.3 Å². The van der Waals surface area contributed by atoms with Gasteiger partial charge in [0.25, 0.3) is 0 Å². The van der Waals surface area contributed by atoms with Crippen LogP contribution < -0.4 is 0 Å². The number of carbonyl (C=O) groups is 3. The van der Waals surface area contributed by atoms with Crippen molar-refractivity contribution in [1.82, 2.24) is 24.9 Å². The quantitative estimate of drug-likeness (QED) is 0.337. The van der Waals surface area contributed by atoms with Crippen molar-refractivity contribution in [3.05, 3.63) is 55.5 Å². The minimum Gasteiger partial charge on any atom is -0.444 e. The fourth-order valence-corrected chi connectivity index (χ4v) is 4.88. The molecule has 0 aromatic carbocycles. The smallest absolute Gasteiger partial charge is 0.410 e. The molecule has 0 atom stereocenters. The Morgan fingerprint density at radius 1 is 0.881 bits per heavy atom. The molecule has 2 saturated heterocycles. The fraction of sp³-hybridized carbons (Fsp3) is 0.625. The van der Waals surface area contributed by atoms with Gasteiger partial charge in [-0.05, 0) is 79.4 Å². The summed E-state index contributed by atoms with van der Waals surface area (Å²) >= 11 is 0. The first-order valence-electron chi connectivity index (χ1n) is 14.6. The maximum absolute atomic E-state index is 12.4. The van der Waals surface area contributed by atoms with E-state index >= 15 is 0 Å². The number of nitrogens with one attached hydrogen (secondary N) is 1. The normalized spacial score (nSPS) is 18.4. The molecule has 1 aromatic heterocycles. The van der Waals surface area contributed by atoms with E-state index in [9.17, 15) is 14.4 Å². The Balaban J connectivity index is 0.000000294. The van der Waals surface area contributed by atoms with Gasteiger partial charge in [0.1, 0.15) is 11.2 Å². The van der Waals surface area contributed by atoms with Crippen LogP contribution in [-0.4, -0.2) is 94.3 Å². The molecule has 3 rings (SSSR count). The van der Waals surface area contributed by atoms with Crippen molar-refractivity contribution < 1.29 is 23.9 Å². The summed E-state index contributed by atoms with van der Waals surface area (Å²) in [6.07, 6.45) is 11.0. The van der Waals surface area contributed by atoms with Crippen molar-refractivity contribution >= 4 is 18.0 Å². The standard InChI is InChI=1S/C17H28N2O3.C15H23N3O2/c1-7-17(14(20)8-11-18(5)6)9-12-19(13-10-17)15(21)22-16(2,3)4;1-5-15(12-6-9-16-17-12)7-10-18(11-8-15)13(19)20-14(2,3)4/h7-8,11H,1,9-10,12-13H2,2-6H3;5-6,9H,1,7-8,10-11H2,2-4H3,(H,16,17)/b11-8-;. The van der Waals surface area contributed by atoms with Crippen LogP contribution in [0.1, 0.15) is 72.9 Å². The summed E-state index contributed by atoms with van der Waals surface area (Å²) in [7, 11) is 3.74. The topological polar surface area (TPSA) is 108 Å². The van der Waals surface area contributed by atoms with E-state index in [-0.39, 0.29) is 23.4 Å². The first-order valence-corrected chi connectivity index (χ1v) is 14.6. The molecule has 2 fully saturated rings. The van der Waals surface area contributed by atoms with Crippen LogP contribution in [0.3, 0.4) is 0 Å². The molecule has 2 amide bonds. The average molecular weight is 586 g/mol.